The van der Waals surface area contributed by atoms with E-state index in [2.05, 4.69) is 0 Å². The number of hydrogen-bond donors (Lipinski definition) is 0. The average Bonchev–Trinajstić information content (AvgIpc) is 2.73. The molecule has 0 bridgehead atoms. The summed E-state index contributed by atoms with van der Waals surface area (Å²) in [4.78, 5) is 27.8. The number of piperazine rings is 1. The number of sulfonamides is 1. The largest absolute Gasteiger partial charge is 0.342 e. The molecule has 3 rings (SSSR count). The number of carbonyl (C=O) groups is 2. The van der Waals surface area contributed by atoms with Crippen LogP contribution in [0.5, 0.6) is 0 Å². The molecular weight excluding hydrogens is 380 g/mol. The lowest BCUT2D eigenvalue weighted by atomic mass is 9.96. The van der Waals surface area contributed by atoms with E-state index in [0.717, 1.165) is 12.8 Å². The molecule has 8 nitrogen and oxygen atoms in total. The average molecular weight is 404 g/mol. The quantitative estimate of drug-likeness (QED) is 0.736. The van der Waals surface area contributed by atoms with Crippen LogP contribution < -0.4 is 0 Å². The van der Waals surface area contributed by atoms with Crippen molar-refractivity contribution in [2.75, 3.05) is 39.3 Å². The zero-order chi connectivity index (χ0) is 20.3. The van der Waals surface area contributed by atoms with Crippen LogP contribution in [0.4, 0.5) is 0 Å². The van der Waals surface area contributed by atoms with Gasteiger partial charge in [-0.25, -0.2) is 8.42 Å². The van der Waals surface area contributed by atoms with Gasteiger partial charge >= 0.3 is 0 Å². The maximum Gasteiger partial charge on any atom is 0.244 e. The van der Waals surface area contributed by atoms with Crippen LogP contribution in [0.3, 0.4) is 0 Å². The molecule has 1 aromatic rings. The molecule has 0 radical (unpaired) electrons. The predicted octanol–water partition coefficient (Wildman–Crippen LogP) is 0.650. The number of nitriles is 1. The van der Waals surface area contributed by atoms with Crippen molar-refractivity contribution in [3.8, 4) is 6.07 Å². The molecule has 28 heavy (non-hydrogen) atoms. The van der Waals surface area contributed by atoms with Crippen LogP contribution in [-0.4, -0.2) is 73.6 Å². The SMILES string of the molecule is CC(=O)N1CCC[C@@H](C(=O)N2CCN(S(=O)(=O)c3ccccc3C#N)CC2)C1. The third-order valence-corrected chi connectivity index (χ3v) is 7.35. The molecule has 0 N–H and O–H groups in total. The minimum atomic E-state index is -3.78. The van der Waals surface area contributed by atoms with Gasteiger partial charge in [-0.3, -0.25) is 9.59 Å². The van der Waals surface area contributed by atoms with Gasteiger partial charge in [0.1, 0.15) is 6.07 Å². The van der Waals surface area contributed by atoms with E-state index in [1.54, 1.807) is 21.9 Å². The van der Waals surface area contributed by atoms with Crippen LogP contribution in [0.2, 0.25) is 0 Å². The van der Waals surface area contributed by atoms with Crippen molar-refractivity contribution in [1.82, 2.24) is 14.1 Å². The number of nitrogens with zero attached hydrogens (tertiary/aromatic N) is 4. The summed E-state index contributed by atoms with van der Waals surface area (Å²) in [5.74, 6) is -0.259. The second-order valence-electron chi connectivity index (χ2n) is 7.14. The number of likely N-dealkylation sites (tertiary alicyclic amines) is 1. The number of rotatable bonds is 3. The first-order valence-electron chi connectivity index (χ1n) is 9.38. The number of carbonyl (C=O) groups excluding carboxylic acids is 2. The Morgan fingerprint density at radius 1 is 1.07 bits per heavy atom. The normalized spacial score (nSPS) is 21.2. The summed E-state index contributed by atoms with van der Waals surface area (Å²) in [5, 5.41) is 9.19. The van der Waals surface area contributed by atoms with Gasteiger partial charge in [0.15, 0.2) is 0 Å². The van der Waals surface area contributed by atoms with Crippen molar-refractivity contribution >= 4 is 21.8 Å². The smallest absolute Gasteiger partial charge is 0.244 e. The highest BCUT2D eigenvalue weighted by molar-refractivity contribution is 7.89. The van der Waals surface area contributed by atoms with Crippen molar-refractivity contribution in [3.63, 3.8) is 0 Å². The minimum Gasteiger partial charge on any atom is -0.342 e. The van der Waals surface area contributed by atoms with Crippen molar-refractivity contribution in [1.29, 1.82) is 5.26 Å². The Labute approximate surface area is 165 Å². The lowest BCUT2D eigenvalue weighted by Gasteiger charge is -2.38. The Bertz CT molecular complexity index is 901. The molecule has 2 aliphatic rings. The molecule has 0 unspecified atom stereocenters. The van der Waals surface area contributed by atoms with Crippen LogP contribution >= 0.6 is 0 Å². The van der Waals surface area contributed by atoms with Crippen molar-refractivity contribution in [2.45, 2.75) is 24.7 Å². The molecule has 0 saturated carbocycles. The van der Waals surface area contributed by atoms with Crippen molar-refractivity contribution in [3.05, 3.63) is 29.8 Å². The molecule has 0 spiro atoms. The highest BCUT2D eigenvalue weighted by Crippen LogP contribution is 2.23. The summed E-state index contributed by atoms with van der Waals surface area (Å²) in [5.41, 5.74) is 0.118. The van der Waals surface area contributed by atoms with Crippen LogP contribution in [0.25, 0.3) is 0 Å². The lowest BCUT2D eigenvalue weighted by Crippen LogP contribution is -2.54. The summed E-state index contributed by atoms with van der Waals surface area (Å²) < 4.78 is 27.1. The van der Waals surface area contributed by atoms with E-state index in [4.69, 9.17) is 0 Å². The van der Waals surface area contributed by atoms with E-state index in [9.17, 15) is 23.3 Å². The van der Waals surface area contributed by atoms with Gasteiger partial charge in [-0.2, -0.15) is 9.57 Å². The number of benzene rings is 1. The third-order valence-electron chi connectivity index (χ3n) is 5.39. The molecule has 2 aliphatic heterocycles. The van der Waals surface area contributed by atoms with Crippen LogP contribution in [0.15, 0.2) is 29.2 Å². The first-order valence-corrected chi connectivity index (χ1v) is 10.8. The van der Waals surface area contributed by atoms with Crippen LogP contribution in [0, 0.1) is 17.2 Å². The molecule has 1 aromatic carbocycles. The maximum atomic E-state index is 12.9. The van der Waals surface area contributed by atoms with Gasteiger partial charge in [0.2, 0.25) is 21.8 Å². The molecule has 2 amide bonds. The zero-order valence-corrected chi connectivity index (χ0v) is 16.7. The number of amides is 2. The van der Waals surface area contributed by atoms with E-state index in [1.807, 2.05) is 6.07 Å². The van der Waals surface area contributed by atoms with E-state index in [1.165, 1.54) is 23.4 Å². The summed E-state index contributed by atoms with van der Waals surface area (Å²) >= 11 is 0. The lowest BCUT2D eigenvalue weighted by molar-refractivity contribution is -0.141. The van der Waals surface area contributed by atoms with Gasteiger partial charge in [-0.05, 0) is 25.0 Å². The fourth-order valence-corrected chi connectivity index (χ4v) is 5.36. The molecule has 2 fully saturated rings. The third kappa shape index (κ3) is 4.03. The van der Waals surface area contributed by atoms with E-state index in [-0.39, 0.29) is 41.3 Å². The molecule has 0 aromatic heterocycles. The van der Waals surface area contributed by atoms with Gasteiger partial charge < -0.3 is 9.80 Å². The molecule has 2 heterocycles. The van der Waals surface area contributed by atoms with Gasteiger partial charge in [0, 0.05) is 46.2 Å². The second-order valence-corrected chi connectivity index (χ2v) is 9.05. The van der Waals surface area contributed by atoms with Crippen molar-refractivity contribution < 1.29 is 18.0 Å². The molecule has 2 saturated heterocycles. The molecular formula is C19H24N4O4S. The predicted molar refractivity (Wildman–Crippen MR) is 101 cm³/mol. The summed E-state index contributed by atoms with van der Waals surface area (Å²) in [6, 6.07) is 8.06. The Hall–Kier alpha value is -2.44. The molecule has 0 aliphatic carbocycles. The standard InChI is InChI=1S/C19H24N4O4S/c1-15(24)22-8-4-6-17(14-22)19(25)21-9-11-23(12-10-21)28(26,27)18-7-3-2-5-16(18)13-20/h2-3,5,7,17H,4,6,8-12,14H2,1H3/t17-/m1/s1. The monoisotopic (exact) mass is 404 g/mol. The minimum absolute atomic E-state index is 0.00153. The number of hydrogen-bond acceptors (Lipinski definition) is 5. The Kier molecular flexibility index (Phi) is 6.01. The van der Waals surface area contributed by atoms with E-state index in [0.29, 0.717) is 26.2 Å². The highest BCUT2D eigenvalue weighted by Gasteiger charge is 2.35. The van der Waals surface area contributed by atoms with E-state index >= 15 is 0 Å². The zero-order valence-electron chi connectivity index (χ0n) is 15.9. The van der Waals surface area contributed by atoms with Crippen molar-refractivity contribution in [2.24, 2.45) is 5.92 Å². The molecule has 9 heteroatoms. The summed E-state index contributed by atoms with van der Waals surface area (Å²) in [6.45, 7) is 3.63. The maximum absolute atomic E-state index is 12.9. The molecule has 150 valence electrons. The van der Waals surface area contributed by atoms with Crippen LogP contribution in [0.1, 0.15) is 25.3 Å². The number of piperidine rings is 1. The molecule has 1 atom stereocenters. The second kappa shape index (κ2) is 8.29. The fraction of sp³-hybridized carbons (Fsp3) is 0.526. The topological polar surface area (TPSA) is 102 Å². The first-order chi connectivity index (χ1) is 13.3. The van der Waals surface area contributed by atoms with Gasteiger partial charge in [0.05, 0.1) is 16.4 Å². The fourth-order valence-electron chi connectivity index (χ4n) is 3.79. The Morgan fingerprint density at radius 2 is 1.75 bits per heavy atom. The van der Waals surface area contributed by atoms with Gasteiger partial charge in [-0.1, -0.05) is 12.1 Å². The van der Waals surface area contributed by atoms with Gasteiger partial charge in [0.25, 0.3) is 0 Å². The van der Waals surface area contributed by atoms with Crippen LogP contribution in [-0.2, 0) is 19.6 Å². The Morgan fingerprint density at radius 3 is 2.39 bits per heavy atom. The first kappa shape index (κ1) is 20.3. The highest BCUT2D eigenvalue weighted by atomic mass is 32.2. The van der Waals surface area contributed by atoms with Gasteiger partial charge in [-0.15, -0.1) is 0 Å². The van der Waals surface area contributed by atoms with E-state index < -0.39 is 10.0 Å². The summed E-state index contributed by atoms with van der Waals surface area (Å²) in [6.07, 6.45) is 1.55. The Balaban J connectivity index is 1.65. The summed E-state index contributed by atoms with van der Waals surface area (Å²) in [7, 11) is -3.78.